The summed E-state index contributed by atoms with van der Waals surface area (Å²) in [6.07, 6.45) is -0.827. The molecule has 0 aromatic heterocycles. The molecule has 2 rings (SSSR count). The van der Waals surface area contributed by atoms with Gasteiger partial charge in [-0.05, 0) is 32.1 Å². The van der Waals surface area contributed by atoms with Gasteiger partial charge in [0.25, 0.3) is 0 Å². The summed E-state index contributed by atoms with van der Waals surface area (Å²) in [7, 11) is 0. The van der Waals surface area contributed by atoms with Gasteiger partial charge in [0.05, 0.1) is 6.61 Å². The topological polar surface area (TPSA) is 116 Å². The van der Waals surface area contributed by atoms with Gasteiger partial charge in [-0.3, -0.25) is 4.79 Å². The van der Waals surface area contributed by atoms with E-state index in [0.29, 0.717) is 6.54 Å². The summed E-state index contributed by atoms with van der Waals surface area (Å²) < 4.78 is 5.07. The SMILES string of the molecule is CC(C)(C)OC(=O)N[C@@H](CO)C(=O)N1CC2C(C1C(=O)O)C2(C)C. The molecule has 0 radical (unpaired) electrons. The molecule has 136 valence electrons. The lowest BCUT2D eigenvalue weighted by Crippen LogP contribution is -2.55. The molecule has 2 amide bonds. The monoisotopic (exact) mass is 342 g/mol. The first-order valence-electron chi connectivity index (χ1n) is 8.04. The third-order valence-corrected chi connectivity index (χ3v) is 4.92. The van der Waals surface area contributed by atoms with E-state index in [4.69, 9.17) is 4.74 Å². The average Bonchev–Trinajstić information content (AvgIpc) is 2.82. The zero-order valence-electron chi connectivity index (χ0n) is 14.7. The number of nitrogens with zero attached hydrogens (tertiary/aromatic N) is 1. The molecular formula is C16H26N2O6. The van der Waals surface area contributed by atoms with Gasteiger partial charge in [-0.2, -0.15) is 0 Å². The van der Waals surface area contributed by atoms with Gasteiger partial charge in [0.2, 0.25) is 5.91 Å². The minimum absolute atomic E-state index is 0.0974. The van der Waals surface area contributed by atoms with Crippen molar-refractivity contribution in [2.45, 2.75) is 52.3 Å². The summed E-state index contributed by atoms with van der Waals surface area (Å²) in [5.74, 6) is -1.63. The van der Waals surface area contributed by atoms with Gasteiger partial charge in [-0.25, -0.2) is 9.59 Å². The largest absolute Gasteiger partial charge is 0.480 e. The van der Waals surface area contributed by atoms with Crippen molar-refractivity contribution in [3.8, 4) is 0 Å². The second-order valence-electron chi connectivity index (χ2n) is 8.11. The predicted molar refractivity (Wildman–Crippen MR) is 84.1 cm³/mol. The highest BCUT2D eigenvalue weighted by atomic mass is 16.6. The van der Waals surface area contributed by atoms with E-state index in [9.17, 15) is 24.6 Å². The zero-order valence-corrected chi connectivity index (χ0v) is 14.7. The molecule has 1 saturated carbocycles. The minimum atomic E-state index is -1.22. The molecule has 0 aromatic rings. The van der Waals surface area contributed by atoms with E-state index < -0.39 is 42.3 Å². The quantitative estimate of drug-likeness (QED) is 0.683. The number of fused-ring (bicyclic) bond motifs is 1. The molecular weight excluding hydrogens is 316 g/mol. The van der Waals surface area contributed by atoms with E-state index in [1.54, 1.807) is 20.8 Å². The Labute approximate surface area is 141 Å². The number of alkyl carbamates (subject to hydrolysis) is 1. The lowest BCUT2D eigenvalue weighted by molar-refractivity contribution is -0.151. The number of likely N-dealkylation sites (tertiary alicyclic amines) is 1. The Morgan fingerprint density at radius 3 is 2.38 bits per heavy atom. The normalized spacial score (nSPS) is 28.8. The fraction of sp³-hybridized carbons (Fsp3) is 0.812. The number of rotatable bonds is 4. The first kappa shape index (κ1) is 18.5. The number of carbonyl (C=O) groups is 3. The van der Waals surface area contributed by atoms with Gasteiger partial charge in [0.1, 0.15) is 17.7 Å². The van der Waals surface area contributed by atoms with Crippen molar-refractivity contribution < 1.29 is 29.3 Å². The highest BCUT2D eigenvalue weighted by Crippen LogP contribution is 2.64. The van der Waals surface area contributed by atoms with Crippen molar-refractivity contribution in [1.82, 2.24) is 10.2 Å². The Morgan fingerprint density at radius 1 is 1.33 bits per heavy atom. The van der Waals surface area contributed by atoms with Crippen LogP contribution < -0.4 is 5.32 Å². The highest BCUT2D eigenvalue weighted by Gasteiger charge is 2.69. The molecule has 3 N–H and O–H groups in total. The third-order valence-electron chi connectivity index (χ3n) is 4.92. The molecule has 1 saturated heterocycles. The van der Waals surface area contributed by atoms with Crippen LogP contribution in [-0.2, 0) is 14.3 Å². The Hall–Kier alpha value is -1.83. The van der Waals surface area contributed by atoms with Crippen molar-refractivity contribution >= 4 is 18.0 Å². The van der Waals surface area contributed by atoms with E-state index in [1.165, 1.54) is 4.90 Å². The van der Waals surface area contributed by atoms with Crippen LogP contribution >= 0.6 is 0 Å². The van der Waals surface area contributed by atoms with Crippen LogP contribution in [0.1, 0.15) is 34.6 Å². The number of amides is 2. The smallest absolute Gasteiger partial charge is 0.408 e. The van der Waals surface area contributed by atoms with Gasteiger partial charge < -0.3 is 25.2 Å². The Morgan fingerprint density at radius 2 is 1.92 bits per heavy atom. The maximum absolute atomic E-state index is 12.6. The van der Waals surface area contributed by atoms with Crippen molar-refractivity contribution in [3.63, 3.8) is 0 Å². The molecule has 0 aromatic carbocycles. The van der Waals surface area contributed by atoms with Crippen LogP contribution in [0.15, 0.2) is 0 Å². The van der Waals surface area contributed by atoms with Gasteiger partial charge in [-0.1, -0.05) is 13.8 Å². The summed E-state index contributed by atoms with van der Waals surface area (Å²) in [4.78, 5) is 37.3. The number of carbonyl (C=O) groups excluding carboxylic acids is 2. The second kappa shape index (κ2) is 5.91. The Balaban J connectivity index is 2.06. The number of aliphatic hydroxyl groups is 1. The fourth-order valence-corrected chi connectivity index (χ4v) is 3.63. The number of aliphatic hydroxyl groups excluding tert-OH is 1. The second-order valence-corrected chi connectivity index (χ2v) is 8.11. The summed E-state index contributed by atoms with van der Waals surface area (Å²) in [5.41, 5.74) is -0.844. The van der Waals surface area contributed by atoms with Crippen LogP contribution in [0.2, 0.25) is 0 Å². The molecule has 24 heavy (non-hydrogen) atoms. The summed E-state index contributed by atoms with van der Waals surface area (Å²) in [6, 6.07) is -2.14. The van der Waals surface area contributed by atoms with E-state index >= 15 is 0 Å². The van der Waals surface area contributed by atoms with Crippen LogP contribution in [-0.4, -0.2) is 63.9 Å². The van der Waals surface area contributed by atoms with E-state index in [2.05, 4.69) is 5.32 Å². The Bertz CT molecular complexity index is 553. The van der Waals surface area contributed by atoms with Crippen LogP contribution in [0.5, 0.6) is 0 Å². The molecule has 0 bridgehead atoms. The van der Waals surface area contributed by atoms with E-state index in [-0.39, 0.29) is 17.3 Å². The van der Waals surface area contributed by atoms with Gasteiger partial charge in [-0.15, -0.1) is 0 Å². The predicted octanol–water partition coefficient (Wildman–Crippen LogP) is 0.440. The molecule has 2 aliphatic rings. The van der Waals surface area contributed by atoms with Crippen LogP contribution in [0.25, 0.3) is 0 Å². The molecule has 1 aliphatic heterocycles. The molecule has 8 nitrogen and oxygen atoms in total. The molecule has 1 heterocycles. The highest BCUT2D eigenvalue weighted by molar-refractivity contribution is 5.90. The fourth-order valence-electron chi connectivity index (χ4n) is 3.63. The first-order valence-corrected chi connectivity index (χ1v) is 8.04. The number of hydrogen-bond acceptors (Lipinski definition) is 5. The maximum Gasteiger partial charge on any atom is 0.408 e. The van der Waals surface area contributed by atoms with Crippen molar-refractivity contribution in [3.05, 3.63) is 0 Å². The molecule has 8 heteroatoms. The van der Waals surface area contributed by atoms with Crippen LogP contribution in [0, 0.1) is 17.3 Å². The van der Waals surface area contributed by atoms with Gasteiger partial charge in [0, 0.05) is 12.5 Å². The molecule has 1 aliphatic carbocycles. The summed E-state index contributed by atoms with van der Waals surface area (Å²) >= 11 is 0. The number of hydrogen-bond donors (Lipinski definition) is 3. The number of ether oxygens (including phenoxy) is 1. The molecule has 2 fully saturated rings. The van der Waals surface area contributed by atoms with Crippen molar-refractivity contribution in [1.29, 1.82) is 0 Å². The van der Waals surface area contributed by atoms with E-state index in [1.807, 2.05) is 13.8 Å². The summed E-state index contributed by atoms with van der Waals surface area (Å²) in [6.45, 7) is 8.71. The number of carboxylic acid groups (broad SMARTS) is 1. The van der Waals surface area contributed by atoms with Gasteiger partial charge >= 0.3 is 12.1 Å². The third kappa shape index (κ3) is 3.33. The lowest BCUT2D eigenvalue weighted by Gasteiger charge is -2.31. The molecule has 3 unspecified atom stereocenters. The van der Waals surface area contributed by atoms with Crippen molar-refractivity contribution in [2.75, 3.05) is 13.2 Å². The zero-order chi connectivity index (χ0) is 18.4. The van der Waals surface area contributed by atoms with Crippen LogP contribution in [0.3, 0.4) is 0 Å². The van der Waals surface area contributed by atoms with E-state index in [0.717, 1.165) is 0 Å². The lowest BCUT2D eigenvalue weighted by atomic mass is 10.0. The number of aliphatic carboxylic acids is 1. The number of piperidine rings is 1. The standard InChI is InChI=1S/C16H26N2O6/c1-15(2,3)24-14(23)17-9(7-19)12(20)18-6-8-10(16(8,4)5)11(18)13(21)22/h8-11,19H,6-7H2,1-5H3,(H,17,23)(H,21,22)/t8?,9-,10?,11?/m0/s1. The molecule has 0 spiro atoms. The Kier molecular flexibility index (Phi) is 4.56. The average molecular weight is 342 g/mol. The number of carboxylic acids is 1. The minimum Gasteiger partial charge on any atom is -0.480 e. The number of nitrogens with one attached hydrogen (secondary N) is 1. The maximum atomic E-state index is 12.6. The summed E-state index contributed by atoms with van der Waals surface area (Å²) in [5, 5.41) is 21.2. The van der Waals surface area contributed by atoms with Crippen LogP contribution in [0.4, 0.5) is 4.79 Å². The first-order chi connectivity index (χ1) is 10.9. The van der Waals surface area contributed by atoms with Gasteiger partial charge in [0.15, 0.2) is 0 Å². The van der Waals surface area contributed by atoms with Crippen molar-refractivity contribution in [2.24, 2.45) is 17.3 Å². The molecule has 4 atom stereocenters.